The maximum Gasteiger partial charge on any atom is 0.317 e. The summed E-state index contributed by atoms with van der Waals surface area (Å²) in [7, 11) is 0. The van der Waals surface area contributed by atoms with Gasteiger partial charge in [0.15, 0.2) is 0 Å². The lowest BCUT2D eigenvalue weighted by molar-refractivity contribution is 0.00834. The van der Waals surface area contributed by atoms with Gasteiger partial charge in [-0.2, -0.15) is 0 Å². The molecule has 0 spiro atoms. The second-order valence-electron chi connectivity index (χ2n) is 6.36. The van der Waals surface area contributed by atoms with Gasteiger partial charge in [-0.25, -0.2) is 4.79 Å². The van der Waals surface area contributed by atoms with Crippen LogP contribution in [-0.2, 0) is 4.74 Å². The molecule has 1 unspecified atom stereocenters. The number of carbonyl (C=O) groups is 1. The molecule has 110 valence electrons. The summed E-state index contributed by atoms with van der Waals surface area (Å²) in [6.45, 7) is 9.05. The molecule has 1 heterocycles. The van der Waals surface area contributed by atoms with Crippen LogP contribution in [0.25, 0.3) is 0 Å². The van der Waals surface area contributed by atoms with E-state index in [1.54, 1.807) is 0 Å². The van der Waals surface area contributed by atoms with Crippen LogP contribution in [-0.4, -0.2) is 42.8 Å². The maximum atomic E-state index is 12.4. The molecular weight excluding hydrogens is 240 g/mol. The van der Waals surface area contributed by atoms with Gasteiger partial charge in [0, 0.05) is 31.8 Å². The third-order valence-electron chi connectivity index (χ3n) is 4.73. The van der Waals surface area contributed by atoms with E-state index in [4.69, 9.17) is 4.74 Å². The molecule has 2 rings (SSSR count). The predicted octanol–water partition coefficient (Wildman–Crippen LogP) is 2.78. The Morgan fingerprint density at radius 2 is 2.05 bits per heavy atom. The standard InChI is InChI=1S/C15H28N2O2/c1-4-9-17(13-5-6-13)14(18)16-12(2)15(3)7-10-19-11-8-15/h12-13H,4-11H2,1-3H3,(H,16,18). The van der Waals surface area contributed by atoms with Crippen LogP contribution in [0.15, 0.2) is 0 Å². The molecule has 0 aromatic carbocycles. The minimum Gasteiger partial charge on any atom is -0.381 e. The van der Waals surface area contributed by atoms with E-state index >= 15 is 0 Å². The van der Waals surface area contributed by atoms with E-state index in [0.717, 1.165) is 39.0 Å². The predicted molar refractivity (Wildman–Crippen MR) is 76.2 cm³/mol. The van der Waals surface area contributed by atoms with Gasteiger partial charge >= 0.3 is 6.03 Å². The van der Waals surface area contributed by atoms with Crippen LogP contribution in [0.2, 0.25) is 0 Å². The smallest absolute Gasteiger partial charge is 0.317 e. The highest BCUT2D eigenvalue weighted by molar-refractivity contribution is 5.75. The van der Waals surface area contributed by atoms with E-state index in [-0.39, 0.29) is 17.5 Å². The number of hydrogen-bond donors (Lipinski definition) is 1. The van der Waals surface area contributed by atoms with E-state index in [1.807, 2.05) is 4.90 Å². The van der Waals surface area contributed by atoms with Crippen LogP contribution < -0.4 is 5.32 Å². The summed E-state index contributed by atoms with van der Waals surface area (Å²) in [4.78, 5) is 14.4. The van der Waals surface area contributed by atoms with E-state index in [9.17, 15) is 4.79 Å². The first-order chi connectivity index (χ1) is 9.07. The average molecular weight is 268 g/mol. The number of amides is 2. The minimum absolute atomic E-state index is 0.129. The highest BCUT2D eigenvalue weighted by atomic mass is 16.5. The van der Waals surface area contributed by atoms with Crippen LogP contribution in [0.4, 0.5) is 4.79 Å². The van der Waals surface area contributed by atoms with Crippen molar-refractivity contribution in [2.75, 3.05) is 19.8 Å². The summed E-state index contributed by atoms with van der Waals surface area (Å²) in [5.74, 6) is 0. The van der Waals surface area contributed by atoms with Crippen LogP contribution in [0, 0.1) is 5.41 Å². The first-order valence-corrected chi connectivity index (χ1v) is 7.71. The molecule has 19 heavy (non-hydrogen) atoms. The molecule has 2 fully saturated rings. The van der Waals surface area contributed by atoms with Crippen molar-refractivity contribution < 1.29 is 9.53 Å². The quantitative estimate of drug-likeness (QED) is 0.833. The molecular formula is C15H28N2O2. The fourth-order valence-corrected chi connectivity index (χ4v) is 2.79. The Bertz CT molecular complexity index is 309. The van der Waals surface area contributed by atoms with Crippen LogP contribution in [0.3, 0.4) is 0 Å². The van der Waals surface area contributed by atoms with Crippen molar-refractivity contribution in [1.29, 1.82) is 0 Å². The van der Waals surface area contributed by atoms with Crippen LogP contribution in [0.1, 0.15) is 52.9 Å². The van der Waals surface area contributed by atoms with Crippen molar-refractivity contribution >= 4 is 6.03 Å². The Kier molecular flexibility index (Phi) is 4.71. The van der Waals surface area contributed by atoms with Crippen molar-refractivity contribution in [3.63, 3.8) is 0 Å². The number of hydrogen-bond acceptors (Lipinski definition) is 2. The number of rotatable bonds is 5. The van der Waals surface area contributed by atoms with E-state index < -0.39 is 0 Å². The van der Waals surface area contributed by atoms with Crippen molar-refractivity contribution in [1.82, 2.24) is 10.2 Å². The normalized spacial score (nSPS) is 23.7. The fraction of sp³-hybridized carbons (Fsp3) is 0.933. The Hall–Kier alpha value is -0.770. The van der Waals surface area contributed by atoms with Crippen LogP contribution in [0.5, 0.6) is 0 Å². The van der Waals surface area contributed by atoms with Gasteiger partial charge in [0.05, 0.1) is 0 Å². The first-order valence-electron chi connectivity index (χ1n) is 7.71. The summed E-state index contributed by atoms with van der Waals surface area (Å²) in [5, 5.41) is 3.23. The average Bonchev–Trinajstić information content (AvgIpc) is 3.21. The SMILES string of the molecule is CCCN(C(=O)NC(C)C1(C)CCOCC1)C1CC1. The molecule has 0 bridgehead atoms. The van der Waals surface area contributed by atoms with Gasteiger partial charge in [0.2, 0.25) is 0 Å². The monoisotopic (exact) mass is 268 g/mol. The molecule has 0 radical (unpaired) electrons. The number of nitrogens with zero attached hydrogens (tertiary/aromatic N) is 1. The highest BCUT2D eigenvalue weighted by Crippen LogP contribution is 2.34. The third-order valence-corrected chi connectivity index (χ3v) is 4.73. The zero-order valence-electron chi connectivity index (χ0n) is 12.6. The minimum atomic E-state index is 0.129. The summed E-state index contributed by atoms with van der Waals surface area (Å²) < 4.78 is 5.43. The van der Waals surface area contributed by atoms with Gasteiger partial charge < -0.3 is 15.0 Å². The second-order valence-corrected chi connectivity index (χ2v) is 6.36. The summed E-state index contributed by atoms with van der Waals surface area (Å²) in [6.07, 6.45) is 5.44. The number of nitrogens with one attached hydrogen (secondary N) is 1. The molecule has 0 aromatic heterocycles. The number of carbonyl (C=O) groups excluding carboxylic acids is 1. The van der Waals surface area contributed by atoms with Gasteiger partial charge in [0.1, 0.15) is 0 Å². The third kappa shape index (κ3) is 3.62. The molecule has 1 saturated heterocycles. The lowest BCUT2D eigenvalue weighted by Crippen LogP contribution is -2.52. The Balaban J connectivity index is 1.89. The lowest BCUT2D eigenvalue weighted by atomic mass is 9.76. The molecule has 1 atom stereocenters. The molecule has 2 amide bonds. The van der Waals surface area contributed by atoms with Gasteiger partial charge in [-0.1, -0.05) is 13.8 Å². The topological polar surface area (TPSA) is 41.6 Å². The Labute approximate surface area is 116 Å². The van der Waals surface area contributed by atoms with Crippen molar-refractivity contribution in [3.05, 3.63) is 0 Å². The van der Waals surface area contributed by atoms with Gasteiger partial charge in [0.25, 0.3) is 0 Å². The molecule has 1 N–H and O–H groups in total. The Morgan fingerprint density at radius 1 is 1.42 bits per heavy atom. The van der Waals surface area contributed by atoms with Crippen LogP contribution >= 0.6 is 0 Å². The van der Waals surface area contributed by atoms with Crippen molar-refractivity contribution in [3.8, 4) is 0 Å². The zero-order valence-corrected chi connectivity index (χ0v) is 12.6. The number of urea groups is 1. The second kappa shape index (κ2) is 6.12. The van der Waals surface area contributed by atoms with Crippen molar-refractivity contribution in [2.45, 2.75) is 65.0 Å². The molecule has 1 saturated carbocycles. The number of ether oxygens (including phenoxy) is 1. The molecule has 2 aliphatic rings. The van der Waals surface area contributed by atoms with Crippen molar-refractivity contribution in [2.24, 2.45) is 5.41 Å². The van der Waals surface area contributed by atoms with E-state index in [1.165, 1.54) is 12.8 Å². The summed E-state index contributed by atoms with van der Waals surface area (Å²) in [5.41, 5.74) is 0.176. The van der Waals surface area contributed by atoms with Gasteiger partial charge in [-0.15, -0.1) is 0 Å². The largest absolute Gasteiger partial charge is 0.381 e. The molecule has 4 nitrogen and oxygen atoms in total. The first kappa shape index (κ1) is 14.6. The maximum absolute atomic E-state index is 12.4. The summed E-state index contributed by atoms with van der Waals surface area (Å²) >= 11 is 0. The molecule has 1 aliphatic heterocycles. The van der Waals surface area contributed by atoms with E-state index in [0.29, 0.717) is 6.04 Å². The van der Waals surface area contributed by atoms with Gasteiger partial charge in [-0.05, 0) is 44.4 Å². The van der Waals surface area contributed by atoms with Gasteiger partial charge in [-0.3, -0.25) is 0 Å². The van der Waals surface area contributed by atoms with E-state index in [2.05, 4.69) is 26.1 Å². The molecule has 4 heteroatoms. The fourth-order valence-electron chi connectivity index (χ4n) is 2.79. The lowest BCUT2D eigenvalue weighted by Gasteiger charge is -2.40. The Morgan fingerprint density at radius 3 is 2.58 bits per heavy atom. The zero-order chi connectivity index (χ0) is 13.9. The molecule has 0 aromatic rings. The molecule has 1 aliphatic carbocycles. The summed E-state index contributed by atoms with van der Waals surface area (Å²) in [6, 6.07) is 0.834. The highest BCUT2D eigenvalue weighted by Gasteiger charge is 2.37.